The molecule has 0 radical (unpaired) electrons. The number of thioether (sulfide) groups is 1. The van der Waals surface area contributed by atoms with E-state index in [1.165, 1.54) is 23.9 Å². The average Bonchev–Trinajstić information content (AvgIpc) is 2.92. The predicted molar refractivity (Wildman–Crippen MR) is 109 cm³/mol. The van der Waals surface area contributed by atoms with Crippen LogP contribution >= 0.6 is 11.8 Å². The van der Waals surface area contributed by atoms with E-state index < -0.39 is 12.2 Å². The number of nitrogens with zero attached hydrogens (tertiary/aromatic N) is 4. The molecular weight excluding hydrogens is 404 g/mol. The first-order valence-electron chi connectivity index (χ1n) is 9.21. The van der Waals surface area contributed by atoms with Gasteiger partial charge in [-0.05, 0) is 17.9 Å². The molecule has 4 rings (SSSR count). The molecule has 1 atom stereocenters. The molecule has 0 fully saturated rings. The average molecular weight is 421 g/mol. The number of benzene rings is 2. The number of ether oxygens (including phenoxy) is 1. The van der Waals surface area contributed by atoms with Crippen LogP contribution in [0, 0.1) is 0 Å². The molecule has 1 aliphatic heterocycles. The van der Waals surface area contributed by atoms with Crippen LogP contribution in [0.25, 0.3) is 11.3 Å². The normalized spacial score (nSPS) is 14.9. The molecule has 9 heteroatoms. The van der Waals surface area contributed by atoms with Gasteiger partial charge in [0.05, 0.1) is 11.7 Å². The van der Waals surface area contributed by atoms with Gasteiger partial charge in [-0.1, -0.05) is 61.2 Å². The number of carbonyl (C=O) groups is 2. The second-order valence-electron chi connectivity index (χ2n) is 6.47. The minimum absolute atomic E-state index is 0.0372. The third-order valence-electron chi connectivity index (χ3n) is 4.70. The van der Waals surface area contributed by atoms with Crippen LogP contribution in [0.15, 0.2) is 53.7 Å². The largest absolute Gasteiger partial charge is 0.545 e. The van der Waals surface area contributed by atoms with Gasteiger partial charge >= 0.3 is 0 Å². The summed E-state index contributed by atoms with van der Waals surface area (Å²) in [7, 11) is 0. The van der Waals surface area contributed by atoms with Crippen LogP contribution < -0.4 is 14.7 Å². The van der Waals surface area contributed by atoms with Crippen LogP contribution in [0.4, 0.5) is 5.69 Å². The third kappa shape index (κ3) is 3.48. The van der Waals surface area contributed by atoms with E-state index >= 15 is 0 Å². The number of para-hydroxylation sites is 1. The van der Waals surface area contributed by atoms with Crippen LogP contribution in [0.5, 0.6) is 5.88 Å². The molecule has 8 nitrogen and oxygen atoms in total. The topological polar surface area (TPSA) is 108 Å². The number of aromatic nitrogens is 3. The summed E-state index contributed by atoms with van der Waals surface area (Å²) >= 11 is 1.33. The summed E-state index contributed by atoms with van der Waals surface area (Å²) in [6.07, 6.45) is 1.22. The monoisotopic (exact) mass is 421 g/mol. The van der Waals surface area contributed by atoms with Crippen molar-refractivity contribution in [3.63, 3.8) is 0 Å². The lowest BCUT2D eigenvalue weighted by atomic mass is 10.1. The van der Waals surface area contributed by atoms with E-state index in [-0.39, 0.29) is 23.8 Å². The molecule has 1 aromatic heterocycles. The maximum absolute atomic E-state index is 13.0. The highest BCUT2D eigenvalue weighted by Gasteiger charge is 2.35. The van der Waals surface area contributed by atoms with E-state index in [0.29, 0.717) is 27.7 Å². The minimum atomic E-state index is -1.28. The number of amides is 1. The van der Waals surface area contributed by atoms with Gasteiger partial charge in [0.25, 0.3) is 0 Å². The van der Waals surface area contributed by atoms with Gasteiger partial charge in [0.15, 0.2) is 5.69 Å². The molecule has 0 spiro atoms. The first-order valence-corrected chi connectivity index (χ1v) is 10.4. The molecule has 3 aromatic rings. The van der Waals surface area contributed by atoms with Crippen molar-refractivity contribution < 1.29 is 19.4 Å². The number of anilines is 1. The van der Waals surface area contributed by atoms with Crippen LogP contribution in [-0.4, -0.2) is 33.3 Å². The Kier molecular flexibility index (Phi) is 5.37. The lowest BCUT2D eigenvalue weighted by Crippen LogP contribution is -2.37. The summed E-state index contributed by atoms with van der Waals surface area (Å²) in [6.45, 7) is 1.77. The number of hydrogen-bond donors (Lipinski definition) is 0. The highest BCUT2D eigenvalue weighted by molar-refractivity contribution is 7.98. The molecule has 152 valence electrons. The van der Waals surface area contributed by atoms with Crippen LogP contribution in [0.3, 0.4) is 0 Å². The van der Waals surface area contributed by atoms with Gasteiger partial charge in [0.2, 0.25) is 23.2 Å². The zero-order valence-electron chi connectivity index (χ0n) is 16.2. The molecular formula is C21H17N4O4S-. The molecule has 0 saturated heterocycles. The van der Waals surface area contributed by atoms with Gasteiger partial charge in [0.1, 0.15) is 0 Å². The Labute approximate surface area is 176 Å². The van der Waals surface area contributed by atoms with Crippen molar-refractivity contribution in [2.45, 2.75) is 24.7 Å². The second kappa shape index (κ2) is 8.11. The quantitative estimate of drug-likeness (QED) is 0.591. The van der Waals surface area contributed by atoms with Gasteiger partial charge in [0, 0.05) is 17.5 Å². The molecule has 2 heterocycles. The first kappa shape index (κ1) is 19.8. The standard InChI is InChI=1S/C21H18N4O4S/c1-3-16(26)25-15-7-5-4-6-14(15)17-18(22-21(30-2)24-23-17)29-19(25)12-8-10-13(11-9-12)20(27)28/h4-11,19H,3H2,1-2H3,(H,27,28)/p-1/t19-/m1/s1. The maximum atomic E-state index is 13.0. The van der Waals surface area contributed by atoms with Gasteiger partial charge in [-0.25, -0.2) is 0 Å². The Hall–Kier alpha value is -3.46. The Morgan fingerprint density at radius 1 is 1.13 bits per heavy atom. The molecule has 30 heavy (non-hydrogen) atoms. The van der Waals surface area contributed by atoms with Crippen molar-refractivity contribution in [3.05, 3.63) is 59.7 Å². The summed E-state index contributed by atoms with van der Waals surface area (Å²) in [6, 6.07) is 13.4. The molecule has 0 saturated carbocycles. The van der Waals surface area contributed by atoms with E-state index in [1.54, 1.807) is 24.0 Å². The van der Waals surface area contributed by atoms with Gasteiger partial charge in [-0.2, -0.15) is 4.98 Å². The van der Waals surface area contributed by atoms with Crippen LogP contribution in [-0.2, 0) is 4.79 Å². The molecule has 1 aliphatic rings. The first-order chi connectivity index (χ1) is 14.5. The minimum Gasteiger partial charge on any atom is -0.545 e. The molecule has 1 amide bonds. The number of carbonyl (C=O) groups excluding carboxylic acids is 2. The maximum Gasteiger partial charge on any atom is 0.247 e. The summed E-state index contributed by atoms with van der Waals surface area (Å²) in [5.41, 5.74) is 2.36. The molecule has 2 aromatic carbocycles. The van der Waals surface area contributed by atoms with E-state index in [4.69, 9.17) is 4.74 Å². The fourth-order valence-electron chi connectivity index (χ4n) is 3.24. The highest BCUT2D eigenvalue weighted by Crippen LogP contribution is 2.43. The zero-order chi connectivity index (χ0) is 21.3. The fourth-order valence-corrected chi connectivity index (χ4v) is 3.54. The van der Waals surface area contributed by atoms with Crippen LogP contribution in [0.1, 0.15) is 35.5 Å². The highest BCUT2D eigenvalue weighted by atomic mass is 32.2. The molecule has 0 bridgehead atoms. The number of carboxylic acids is 1. The van der Waals surface area contributed by atoms with Crippen molar-refractivity contribution in [3.8, 4) is 17.1 Å². The number of hydrogen-bond acceptors (Lipinski definition) is 8. The summed E-state index contributed by atoms with van der Waals surface area (Å²) in [5.74, 6) is -1.19. The Bertz CT molecular complexity index is 1120. The second-order valence-corrected chi connectivity index (χ2v) is 7.24. The van der Waals surface area contributed by atoms with Crippen molar-refractivity contribution >= 4 is 29.3 Å². The summed E-state index contributed by atoms with van der Waals surface area (Å²) in [4.78, 5) is 30.1. The third-order valence-corrected chi connectivity index (χ3v) is 5.24. The zero-order valence-corrected chi connectivity index (χ0v) is 17.0. The predicted octanol–water partition coefficient (Wildman–Crippen LogP) is 2.46. The molecule has 0 unspecified atom stereocenters. The number of aromatic carboxylic acids is 1. The van der Waals surface area contributed by atoms with Crippen LogP contribution in [0.2, 0.25) is 0 Å². The summed E-state index contributed by atoms with van der Waals surface area (Å²) < 4.78 is 6.22. The number of carboxylic acid groups (broad SMARTS) is 1. The van der Waals surface area contributed by atoms with E-state index in [0.717, 1.165) is 0 Å². The van der Waals surface area contributed by atoms with E-state index in [9.17, 15) is 14.7 Å². The molecule has 0 aliphatic carbocycles. The molecule has 0 N–H and O–H groups in total. The number of rotatable bonds is 4. The van der Waals surface area contributed by atoms with Gasteiger partial charge < -0.3 is 14.6 Å². The van der Waals surface area contributed by atoms with E-state index in [1.807, 2.05) is 30.5 Å². The Balaban J connectivity index is 1.93. The van der Waals surface area contributed by atoms with Crippen molar-refractivity contribution in [2.75, 3.05) is 11.2 Å². The Morgan fingerprint density at radius 2 is 1.87 bits per heavy atom. The van der Waals surface area contributed by atoms with Crippen molar-refractivity contribution in [2.24, 2.45) is 0 Å². The van der Waals surface area contributed by atoms with E-state index in [2.05, 4.69) is 15.2 Å². The van der Waals surface area contributed by atoms with Gasteiger partial charge in [-0.3, -0.25) is 9.69 Å². The van der Waals surface area contributed by atoms with Crippen molar-refractivity contribution in [1.82, 2.24) is 15.2 Å². The van der Waals surface area contributed by atoms with Crippen molar-refractivity contribution in [1.29, 1.82) is 0 Å². The lowest BCUT2D eigenvalue weighted by molar-refractivity contribution is -0.255. The summed E-state index contributed by atoms with van der Waals surface area (Å²) in [5, 5.41) is 20.0. The smallest absolute Gasteiger partial charge is 0.247 e. The Morgan fingerprint density at radius 3 is 2.53 bits per heavy atom. The van der Waals surface area contributed by atoms with Gasteiger partial charge in [-0.15, -0.1) is 10.2 Å². The number of fused-ring (bicyclic) bond motifs is 3. The lowest BCUT2D eigenvalue weighted by Gasteiger charge is -2.30. The SMILES string of the molecule is CCC(=O)N1c2ccccc2-c2nnc(SC)nc2O[C@@H]1c1ccc(C(=O)[O-])cc1. The fraction of sp³-hybridized carbons (Fsp3) is 0.190.